The van der Waals surface area contributed by atoms with Gasteiger partial charge < -0.3 is 0 Å². The molecular formula is C10H17NO2S. The van der Waals surface area contributed by atoms with Gasteiger partial charge in [0, 0.05) is 6.42 Å². The van der Waals surface area contributed by atoms with Crippen molar-refractivity contribution < 1.29 is 8.42 Å². The number of rotatable bonds is 3. The first-order valence-corrected chi connectivity index (χ1v) is 6.47. The molecule has 0 N–H and O–H groups in total. The van der Waals surface area contributed by atoms with Crippen molar-refractivity contribution in [2.75, 3.05) is 5.75 Å². The Bertz CT molecular complexity index is 353. The van der Waals surface area contributed by atoms with Crippen LogP contribution < -0.4 is 0 Å². The Hall–Kier alpha value is -0.560. The summed E-state index contributed by atoms with van der Waals surface area (Å²) in [5.74, 6) is 0.178. The Morgan fingerprint density at radius 2 is 1.86 bits per heavy atom. The van der Waals surface area contributed by atoms with E-state index in [4.69, 9.17) is 5.26 Å². The Kier molecular flexibility index (Phi) is 2.66. The summed E-state index contributed by atoms with van der Waals surface area (Å²) in [7, 11) is -3.07. The molecule has 0 saturated heterocycles. The summed E-state index contributed by atoms with van der Waals surface area (Å²) in [6, 6.07) is 2.08. The minimum absolute atomic E-state index is 0.178. The third kappa shape index (κ3) is 2.27. The topological polar surface area (TPSA) is 57.9 Å². The maximum Gasteiger partial charge on any atom is 0.155 e. The normalized spacial score (nSPS) is 20.1. The Morgan fingerprint density at radius 1 is 1.36 bits per heavy atom. The molecule has 3 nitrogen and oxygen atoms in total. The van der Waals surface area contributed by atoms with E-state index in [0.717, 1.165) is 12.8 Å². The van der Waals surface area contributed by atoms with Gasteiger partial charge in [-0.25, -0.2) is 8.42 Å². The largest absolute Gasteiger partial charge is 0.228 e. The fraction of sp³-hybridized carbons (Fsp3) is 0.900. The van der Waals surface area contributed by atoms with E-state index in [1.807, 2.05) is 0 Å². The highest BCUT2D eigenvalue weighted by atomic mass is 32.2. The third-order valence-corrected chi connectivity index (χ3v) is 5.70. The first-order chi connectivity index (χ1) is 6.22. The summed E-state index contributed by atoms with van der Waals surface area (Å²) in [6.45, 7) is 5.14. The van der Waals surface area contributed by atoms with Crippen molar-refractivity contribution in [2.24, 2.45) is 5.41 Å². The van der Waals surface area contributed by atoms with E-state index in [9.17, 15) is 8.42 Å². The van der Waals surface area contributed by atoms with Crippen molar-refractivity contribution in [3.05, 3.63) is 0 Å². The van der Waals surface area contributed by atoms with Crippen LogP contribution in [0, 0.1) is 16.7 Å². The predicted molar refractivity (Wildman–Crippen MR) is 55.4 cm³/mol. The number of sulfone groups is 1. The summed E-state index contributed by atoms with van der Waals surface area (Å²) in [6.07, 6.45) is 2.15. The van der Waals surface area contributed by atoms with E-state index >= 15 is 0 Å². The lowest BCUT2D eigenvalue weighted by Gasteiger charge is -2.22. The zero-order valence-corrected chi connectivity index (χ0v) is 9.82. The standard InChI is InChI=1S/C10H17NO2S/c1-9(2,3)14(12,13)8-10(4-5-10)6-7-11/h4-6,8H2,1-3H3. The molecule has 1 aliphatic rings. The van der Waals surface area contributed by atoms with Crippen LogP contribution in [0.4, 0.5) is 0 Å². The second-order valence-corrected chi connectivity index (χ2v) is 7.95. The molecule has 1 fully saturated rings. The van der Waals surface area contributed by atoms with Gasteiger partial charge in [0.15, 0.2) is 9.84 Å². The molecule has 1 aliphatic carbocycles. The van der Waals surface area contributed by atoms with Gasteiger partial charge in [-0.05, 0) is 39.0 Å². The van der Waals surface area contributed by atoms with Crippen LogP contribution in [0.5, 0.6) is 0 Å². The zero-order valence-electron chi connectivity index (χ0n) is 9.00. The highest BCUT2D eigenvalue weighted by molar-refractivity contribution is 7.92. The summed E-state index contributed by atoms with van der Waals surface area (Å²) in [4.78, 5) is 0. The molecule has 80 valence electrons. The molecule has 0 spiro atoms. The zero-order chi connectivity index (χ0) is 11.0. The summed E-state index contributed by atoms with van der Waals surface area (Å²) in [5, 5.41) is 8.60. The molecule has 0 aliphatic heterocycles. The Balaban J connectivity index is 2.76. The van der Waals surface area contributed by atoms with E-state index in [1.54, 1.807) is 20.8 Å². The van der Waals surface area contributed by atoms with Crippen LogP contribution in [0.25, 0.3) is 0 Å². The van der Waals surface area contributed by atoms with Gasteiger partial charge >= 0.3 is 0 Å². The lowest BCUT2D eigenvalue weighted by Crippen LogP contribution is -2.33. The van der Waals surface area contributed by atoms with Gasteiger partial charge in [0.2, 0.25) is 0 Å². The summed E-state index contributed by atoms with van der Waals surface area (Å²) in [5.41, 5.74) is -0.207. The SMILES string of the molecule is CC(C)(C)S(=O)(=O)CC1(CC#N)CC1. The minimum Gasteiger partial charge on any atom is -0.228 e. The van der Waals surface area contributed by atoms with E-state index in [0.29, 0.717) is 6.42 Å². The second kappa shape index (κ2) is 3.23. The molecule has 0 unspecified atom stereocenters. The van der Waals surface area contributed by atoms with Crippen molar-refractivity contribution >= 4 is 9.84 Å². The molecule has 0 heterocycles. The first-order valence-electron chi connectivity index (χ1n) is 4.82. The molecule has 0 aromatic rings. The predicted octanol–water partition coefficient (Wildman–Crippen LogP) is 1.89. The smallest absolute Gasteiger partial charge is 0.155 e. The van der Waals surface area contributed by atoms with Crippen LogP contribution in [0.1, 0.15) is 40.0 Å². The lowest BCUT2D eigenvalue weighted by molar-refractivity contribution is 0.523. The third-order valence-electron chi connectivity index (χ3n) is 2.84. The molecular weight excluding hydrogens is 198 g/mol. The van der Waals surface area contributed by atoms with Gasteiger partial charge in [-0.3, -0.25) is 0 Å². The van der Waals surface area contributed by atoms with Gasteiger partial charge in [-0.1, -0.05) is 0 Å². The quantitative estimate of drug-likeness (QED) is 0.722. The molecule has 1 saturated carbocycles. The van der Waals surface area contributed by atoms with Gasteiger partial charge in [0.1, 0.15) is 0 Å². The van der Waals surface area contributed by atoms with Gasteiger partial charge in [0.25, 0.3) is 0 Å². The average Bonchev–Trinajstić information content (AvgIpc) is 2.65. The van der Waals surface area contributed by atoms with Crippen molar-refractivity contribution in [1.82, 2.24) is 0 Å². The number of nitriles is 1. The van der Waals surface area contributed by atoms with Gasteiger partial charge in [-0.15, -0.1) is 0 Å². The van der Waals surface area contributed by atoms with E-state index in [-0.39, 0.29) is 11.2 Å². The van der Waals surface area contributed by atoms with E-state index in [1.165, 1.54) is 0 Å². The maximum atomic E-state index is 11.9. The molecule has 0 aromatic heterocycles. The van der Waals surface area contributed by atoms with Crippen LogP contribution in [-0.4, -0.2) is 18.9 Å². The van der Waals surface area contributed by atoms with Gasteiger partial charge in [-0.2, -0.15) is 5.26 Å². The van der Waals surface area contributed by atoms with E-state index < -0.39 is 14.6 Å². The first kappa shape index (κ1) is 11.5. The summed E-state index contributed by atoms with van der Waals surface area (Å²) >= 11 is 0. The molecule has 0 amide bonds. The highest BCUT2D eigenvalue weighted by Crippen LogP contribution is 2.50. The van der Waals surface area contributed by atoms with Gasteiger partial charge in [0.05, 0.1) is 16.6 Å². The number of hydrogen-bond acceptors (Lipinski definition) is 3. The van der Waals surface area contributed by atoms with Crippen LogP contribution in [0.2, 0.25) is 0 Å². The van der Waals surface area contributed by atoms with Crippen LogP contribution >= 0.6 is 0 Å². The van der Waals surface area contributed by atoms with Crippen LogP contribution in [0.15, 0.2) is 0 Å². The van der Waals surface area contributed by atoms with Crippen molar-refractivity contribution in [1.29, 1.82) is 5.26 Å². The fourth-order valence-corrected chi connectivity index (χ4v) is 2.97. The average molecular weight is 215 g/mol. The van der Waals surface area contributed by atoms with Crippen molar-refractivity contribution in [2.45, 2.75) is 44.8 Å². The molecule has 1 rings (SSSR count). The lowest BCUT2D eigenvalue weighted by atomic mass is 10.1. The molecule has 0 aromatic carbocycles. The van der Waals surface area contributed by atoms with Crippen LogP contribution in [0.3, 0.4) is 0 Å². The molecule has 0 atom stereocenters. The number of hydrogen-bond donors (Lipinski definition) is 0. The second-order valence-electron chi connectivity index (χ2n) is 5.21. The monoisotopic (exact) mass is 215 g/mol. The van der Waals surface area contributed by atoms with Crippen molar-refractivity contribution in [3.63, 3.8) is 0 Å². The maximum absolute atomic E-state index is 11.9. The van der Waals surface area contributed by atoms with E-state index in [2.05, 4.69) is 6.07 Å². The Labute approximate surface area is 86.0 Å². The molecule has 0 bridgehead atoms. The molecule has 4 heteroatoms. The Morgan fingerprint density at radius 3 is 2.14 bits per heavy atom. The molecule has 14 heavy (non-hydrogen) atoms. The minimum atomic E-state index is -3.07. The summed E-state index contributed by atoms with van der Waals surface area (Å²) < 4.78 is 23.0. The number of nitrogens with zero attached hydrogens (tertiary/aromatic N) is 1. The van der Waals surface area contributed by atoms with Crippen LogP contribution in [-0.2, 0) is 9.84 Å². The highest BCUT2D eigenvalue weighted by Gasteiger charge is 2.48. The molecule has 0 radical (unpaired) electrons. The fourth-order valence-electron chi connectivity index (χ4n) is 1.34. The van der Waals surface area contributed by atoms with Crippen molar-refractivity contribution in [3.8, 4) is 6.07 Å².